The Kier molecular flexibility index (Phi) is 2.40. The zero-order chi connectivity index (χ0) is 12.2. The number of aliphatic hydroxyl groups is 1. The van der Waals surface area contributed by atoms with E-state index in [0.717, 1.165) is 18.4 Å². The molecule has 1 fully saturated rings. The van der Waals surface area contributed by atoms with Crippen LogP contribution in [0.15, 0.2) is 6.20 Å². The van der Waals surface area contributed by atoms with Crippen LogP contribution in [0.3, 0.4) is 0 Å². The summed E-state index contributed by atoms with van der Waals surface area (Å²) >= 11 is 0. The van der Waals surface area contributed by atoms with Crippen molar-refractivity contribution in [3.8, 4) is 0 Å². The van der Waals surface area contributed by atoms with Crippen molar-refractivity contribution in [1.82, 2.24) is 4.98 Å². The topological polar surface area (TPSA) is 33.1 Å². The summed E-state index contributed by atoms with van der Waals surface area (Å²) in [6, 6.07) is 0. The molecule has 1 N–H and O–H groups in total. The second kappa shape index (κ2) is 3.70. The summed E-state index contributed by atoms with van der Waals surface area (Å²) in [4.78, 5) is 3.72. The molecule has 1 heterocycles. The van der Waals surface area contributed by atoms with E-state index in [9.17, 15) is 18.3 Å². The summed E-state index contributed by atoms with van der Waals surface area (Å²) in [6.45, 7) is 0. The normalized spacial score (nSPS) is 27.6. The van der Waals surface area contributed by atoms with Gasteiger partial charge in [-0.2, -0.15) is 0 Å². The van der Waals surface area contributed by atoms with E-state index >= 15 is 0 Å². The second-order valence-electron chi connectivity index (χ2n) is 4.73. The van der Waals surface area contributed by atoms with Crippen molar-refractivity contribution in [2.45, 2.75) is 43.9 Å². The molecule has 0 bridgehead atoms. The maximum atomic E-state index is 13.5. The van der Waals surface area contributed by atoms with E-state index in [1.807, 2.05) is 0 Å². The first-order chi connectivity index (χ1) is 8.09. The van der Waals surface area contributed by atoms with Gasteiger partial charge in [-0.1, -0.05) is 0 Å². The second-order valence-corrected chi connectivity index (χ2v) is 4.73. The van der Waals surface area contributed by atoms with Crippen molar-refractivity contribution >= 4 is 0 Å². The smallest absolute Gasteiger partial charge is 0.280 e. The SMILES string of the molecule is OC1c2c(C(F)F)ncc(C3CC3)c2CC1F. The number of hydrogen-bond acceptors (Lipinski definition) is 2. The molecule has 2 aliphatic carbocycles. The summed E-state index contributed by atoms with van der Waals surface area (Å²) in [5.74, 6) is 0.320. The Morgan fingerprint density at radius 1 is 1.35 bits per heavy atom. The summed E-state index contributed by atoms with van der Waals surface area (Å²) in [6.07, 6.45) is -2.24. The minimum absolute atomic E-state index is 0.0323. The van der Waals surface area contributed by atoms with Gasteiger partial charge in [-0.25, -0.2) is 13.2 Å². The van der Waals surface area contributed by atoms with Gasteiger partial charge >= 0.3 is 0 Å². The lowest BCUT2D eigenvalue weighted by molar-refractivity contribution is 0.0850. The Balaban J connectivity index is 2.15. The molecule has 0 amide bonds. The monoisotopic (exact) mass is 243 g/mol. The third-order valence-electron chi connectivity index (χ3n) is 3.55. The predicted octanol–water partition coefficient (Wildman–Crippen LogP) is 2.82. The van der Waals surface area contributed by atoms with Crippen LogP contribution in [0.5, 0.6) is 0 Å². The lowest BCUT2D eigenvalue weighted by Gasteiger charge is -2.13. The summed E-state index contributed by atoms with van der Waals surface area (Å²) in [5.41, 5.74) is 0.996. The Hall–Kier alpha value is -1.10. The van der Waals surface area contributed by atoms with Gasteiger partial charge in [-0.15, -0.1) is 0 Å². The number of aromatic nitrogens is 1. The lowest BCUT2D eigenvalue weighted by Crippen LogP contribution is -2.09. The average molecular weight is 243 g/mol. The minimum atomic E-state index is -2.77. The van der Waals surface area contributed by atoms with Gasteiger partial charge in [0.1, 0.15) is 18.0 Å². The van der Waals surface area contributed by atoms with Crippen molar-refractivity contribution in [3.05, 3.63) is 28.6 Å². The maximum absolute atomic E-state index is 13.5. The molecule has 0 aliphatic heterocycles. The highest BCUT2D eigenvalue weighted by molar-refractivity contribution is 5.46. The van der Waals surface area contributed by atoms with Crippen molar-refractivity contribution in [1.29, 1.82) is 0 Å². The molecule has 2 atom stereocenters. The minimum Gasteiger partial charge on any atom is -0.385 e. The van der Waals surface area contributed by atoms with Crippen LogP contribution in [0.2, 0.25) is 0 Å². The van der Waals surface area contributed by atoms with E-state index in [-0.39, 0.29) is 12.0 Å². The zero-order valence-electron chi connectivity index (χ0n) is 9.04. The Labute approximate surface area is 96.5 Å². The third-order valence-corrected chi connectivity index (χ3v) is 3.55. The highest BCUT2D eigenvalue weighted by Crippen LogP contribution is 2.47. The fraction of sp³-hybridized carbons (Fsp3) is 0.583. The number of aliphatic hydroxyl groups excluding tert-OH is 1. The van der Waals surface area contributed by atoms with Crippen LogP contribution in [0.1, 0.15) is 53.7 Å². The van der Waals surface area contributed by atoms with Gasteiger partial charge in [0.05, 0.1) is 0 Å². The molecule has 3 rings (SSSR count). The number of halogens is 3. The van der Waals surface area contributed by atoms with Crippen LogP contribution < -0.4 is 0 Å². The number of pyridine rings is 1. The molecule has 92 valence electrons. The third kappa shape index (κ3) is 1.64. The molecule has 2 nitrogen and oxygen atoms in total. The molecule has 1 saturated carbocycles. The molecule has 1 aromatic heterocycles. The molecule has 1 aromatic rings. The number of hydrogen-bond donors (Lipinski definition) is 1. The standard InChI is InChI=1S/C12H12F3NO/c13-8-3-6-7(5-1-2-5)4-16-10(12(14)15)9(6)11(8)17/h4-5,8,11-12,17H,1-3H2. The highest BCUT2D eigenvalue weighted by Gasteiger charge is 2.40. The predicted molar refractivity (Wildman–Crippen MR) is 54.7 cm³/mol. The fourth-order valence-electron chi connectivity index (χ4n) is 2.56. The van der Waals surface area contributed by atoms with Gasteiger partial charge in [0.25, 0.3) is 6.43 Å². The van der Waals surface area contributed by atoms with Gasteiger partial charge in [0, 0.05) is 18.2 Å². The largest absolute Gasteiger partial charge is 0.385 e. The van der Waals surface area contributed by atoms with Gasteiger partial charge in [0.15, 0.2) is 0 Å². The highest BCUT2D eigenvalue weighted by atomic mass is 19.3. The van der Waals surface area contributed by atoms with Crippen molar-refractivity contribution in [2.24, 2.45) is 0 Å². The van der Waals surface area contributed by atoms with E-state index in [4.69, 9.17) is 0 Å². The van der Waals surface area contributed by atoms with Crippen molar-refractivity contribution < 1.29 is 18.3 Å². The zero-order valence-corrected chi connectivity index (χ0v) is 9.04. The van der Waals surface area contributed by atoms with E-state index in [1.165, 1.54) is 6.20 Å². The van der Waals surface area contributed by atoms with Gasteiger partial charge in [-0.05, 0) is 29.9 Å². The van der Waals surface area contributed by atoms with E-state index in [1.54, 1.807) is 0 Å². The summed E-state index contributed by atoms with van der Waals surface area (Å²) in [5, 5.41) is 9.66. The first kappa shape index (κ1) is 11.0. The molecular formula is C12H12F3NO. The van der Waals surface area contributed by atoms with Crippen LogP contribution in [-0.2, 0) is 6.42 Å². The van der Waals surface area contributed by atoms with Crippen LogP contribution >= 0.6 is 0 Å². The molecular weight excluding hydrogens is 231 g/mol. The molecule has 17 heavy (non-hydrogen) atoms. The Morgan fingerprint density at radius 2 is 2.06 bits per heavy atom. The first-order valence-electron chi connectivity index (χ1n) is 5.71. The van der Waals surface area contributed by atoms with Gasteiger partial charge < -0.3 is 5.11 Å². The molecule has 2 aliphatic rings. The summed E-state index contributed by atoms with van der Waals surface area (Å²) in [7, 11) is 0. The van der Waals surface area contributed by atoms with E-state index in [2.05, 4.69) is 4.98 Å². The Bertz CT molecular complexity index is 459. The maximum Gasteiger partial charge on any atom is 0.280 e. The quantitative estimate of drug-likeness (QED) is 0.866. The van der Waals surface area contributed by atoms with Crippen LogP contribution in [0, 0.1) is 0 Å². The van der Waals surface area contributed by atoms with Crippen molar-refractivity contribution in [3.63, 3.8) is 0 Å². The Morgan fingerprint density at radius 3 is 2.65 bits per heavy atom. The van der Waals surface area contributed by atoms with E-state index < -0.39 is 24.4 Å². The molecule has 0 spiro atoms. The molecule has 0 radical (unpaired) electrons. The average Bonchev–Trinajstić information content (AvgIpc) is 3.07. The molecule has 0 saturated heterocycles. The number of alkyl halides is 3. The summed E-state index contributed by atoms with van der Waals surface area (Å²) < 4.78 is 39.0. The van der Waals surface area contributed by atoms with Crippen LogP contribution in [0.4, 0.5) is 13.2 Å². The molecule has 2 unspecified atom stereocenters. The number of fused-ring (bicyclic) bond motifs is 1. The fourth-order valence-corrected chi connectivity index (χ4v) is 2.56. The lowest BCUT2D eigenvalue weighted by atomic mass is 10.00. The van der Waals surface area contributed by atoms with E-state index in [0.29, 0.717) is 11.5 Å². The molecule has 5 heteroatoms. The number of nitrogens with zero attached hydrogens (tertiary/aromatic N) is 1. The van der Waals surface area contributed by atoms with Crippen LogP contribution in [-0.4, -0.2) is 16.3 Å². The van der Waals surface area contributed by atoms with Gasteiger partial charge in [-0.3, -0.25) is 4.98 Å². The van der Waals surface area contributed by atoms with Crippen LogP contribution in [0.25, 0.3) is 0 Å². The molecule has 0 aromatic carbocycles. The first-order valence-corrected chi connectivity index (χ1v) is 5.71. The van der Waals surface area contributed by atoms with Gasteiger partial charge in [0.2, 0.25) is 0 Å². The van der Waals surface area contributed by atoms with Crippen molar-refractivity contribution in [2.75, 3.05) is 0 Å². The number of rotatable bonds is 2.